The summed E-state index contributed by atoms with van der Waals surface area (Å²) in [7, 11) is 0. The van der Waals surface area contributed by atoms with Crippen LogP contribution in [0.1, 0.15) is 48.1 Å². The van der Waals surface area contributed by atoms with Crippen LogP contribution in [0.3, 0.4) is 0 Å². The normalized spacial score (nSPS) is 20.8. The Bertz CT molecular complexity index is 1290. The molecule has 0 bridgehead atoms. The Morgan fingerprint density at radius 2 is 1.69 bits per heavy atom. The average Bonchev–Trinajstić information content (AvgIpc) is 3.22. The highest BCUT2D eigenvalue weighted by atomic mass is 16.5. The van der Waals surface area contributed by atoms with E-state index in [1.165, 1.54) is 33.2 Å². The zero-order valence-corrected chi connectivity index (χ0v) is 16.9. The molecule has 2 heterocycles. The van der Waals surface area contributed by atoms with Crippen molar-refractivity contribution in [2.24, 2.45) is 0 Å². The van der Waals surface area contributed by atoms with Crippen LogP contribution >= 0.6 is 0 Å². The first-order chi connectivity index (χ1) is 14.0. The lowest BCUT2D eigenvalue weighted by Gasteiger charge is -2.28. The highest BCUT2D eigenvalue weighted by molar-refractivity contribution is 5.83. The van der Waals surface area contributed by atoms with Gasteiger partial charge >= 0.3 is 0 Å². The van der Waals surface area contributed by atoms with Gasteiger partial charge in [-0.3, -0.25) is 0 Å². The van der Waals surface area contributed by atoms with Crippen LogP contribution in [0, 0.1) is 6.92 Å². The lowest BCUT2D eigenvalue weighted by atomic mass is 9.73. The van der Waals surface area contributed by atoms with Crippen LogP contribution in [-0.4, -0.2) is 4.98 Å². The Morgan fingerprint density at radius 1 is 0.862 bits per heavy atom. The summed E-state index contributed by atoms with van der Waals surface area (Å²) in [6.07, 6.45) is 0.0838. The summed E-state index contributed by atoms with van der Waals surface area (Å²) in [5.74, 6) is 1.36. The van der Waals surface area contributed by atoms with Crippen molar-refractivity contribution in [3.05, 3.63) is 95.1 Å². The molecule has 1 aromatic heterocycles. The van der Waals surface area contributed by atoms with Crippen LogP contribution in [0.4, 0.5) is 0 Å². The lowest BCUT2D eigenvalue weighted by molar-refractivity contribution is 0.198. The van der Waals surface area contributed by atoms with Gasteiger partial charge in [-0.25, -0.2) is 4.98 Å². The van der Waals surface area contributed by atoms with Crippen LogP contribution in [0.25, 0.3) is 22.2 Å². The highest BCUT2D eigenvalue weighted by Crippen LogP contribution is 2.62. The monoisotopic (exact) mass is 377 g/mol. The summed E-state index contributed by atoms with van der Waals surface area (Å²) in [5.41, 5.74) is 8.55. The van der Waals surface area contributed by atoms with E-state index in [1.54, 1.807) is 0 Å². The zero-order valence-electron chi connectivity index (χ0n) is 16.9. The maximum atomic E-state index is 6.45. The van der Waals surface area contributed by atoms with E-state index in [0.29, 0.717) is 5.92 Å². The van der Waals surface area contributed by atoms with Gasteiger partial charge in [0.15, 0.2) is 0 Å². The molecule has 0 saturated carbocycles. The number of ether oxygens (including phenoxy) is 1. The summed E-state index contributed by atoms with van der Waals surface area (Å²) >= 11 is 0. The number of para-hydroxylation sites is 1. The predicted molar refractivity (Wildman–Crippen MR) is 117 cm³/mol. The first-order valence-electron chi connectivity index (χ1n) is 10.3. The quantitative estimate of drug-likeness (QED) is 0.367. The Balaban J connectivity index is 1.55. The Morgan fingerprint density at radius 3 is 2.59 bits per heavy atom. The molecule has 2 nitrogen and oxygen atoms in total. The molecular formula is C27H23NO. The third-order valence-corrected chi connectivity index (χ3v) is 6.76. The Kier molecular flexibility index (Phi) is 3.30. The van der Waals surface area contributed by atoms with E-state index in [4.69, 9.17) is 9.72 Å². The van der Waals surface area contributed by atoms with Gasteiger partial charge in [0, 0.05) is 27.8 Å². The van der Waals surface area contributed by atoms with Crippen LogP contribution < -0.4 is 4.74 Å². The predicted octanol–water partition coefficient (Wildman–Crippen LogP) is 6.72. The van der Waals surface area contributed by atoms with Crippen molar-refractivity contribution in [2.75, 3.05) is 0 Å². The fourth-order valence-electron chi connectivity index (χ4n) is 5.51. The van der Waals surface area contributed by atoms with Crippen LogP contribution in [0.2, 0.25) is 0 Å². The second kappa shape index (κ2) is 5.70. The van der Waals surface area contributed by atoms with Gasteiger partial charge in [0.05, 0.1) is 11.2 Å². The van der Waals surface area contributed by atoms with Crippen molar-refractivity contribution >= 4 is 10.9 Å². The minimum absolute atomic E-state index is 0.0346. The third-order valence-electron chi connectivity index (χ3n) is 6.76. The first-order valence-corrected chi connectivity index (χ1v) is 10.3. The molecule has 1 aliphatic heterocycles. The van der Waals surface area contributed by atoms with Crippen LogP contribution in [0.15, 0.2) is 72.8 Å². The molecule has 0 amide bonds. The maximum Gasteiger partial charge on any atom is 0.132 e. The van der Waals surface area contributed by atoms with E-state index in [-0.39, 0.29) is 11.5 Å². The lowest BCUT2D eigenvalue weighted by Crippen LogP contribution is -2.23. The van der Waals surface area contributed by atoms with Crippen molar-refractivity contribution in [1.82, 2.24) is 4.98 Å². The van der Waals surface area contributed by atoms with Crippen molar-refractivity contribution < 1.29 is 4.74 Å². The van der Waals surface area contributed by atoms with Gasteiger partial charge in [-0.2, -0.15) is 0 Å². The molecule has 0 spiro atoms. The van der Waals surface area contributed by atoms with E-state index < -0.39 is 0 Å². The third kappa shape index (κ3) is 2.26. The Hall–Kier alpha value is -3.13. The number of nitrogens with zero attached hydrogens (tertiary/aromatic N) is 1. The molecule has 6 rings (SSSR count). The maximum absolute atomic E-state index is 6.45. The molecule has 2 unspecified atom stereocenters. The van der Waals surface area contributed by atoms with Gasteiger partial charge in [-0.05, 0) is 42.3 Å². The number of hydrogen-bond donors (Lipinski definition) is 0. The number of benzene rings is 3. The van der Waals surface area contributed by atoms with Crippen molar-refractivity contribution in [3.63, 3.8) is 0 Å². The number of hydrogen-bond acceptors (Lipinski definition) is 2. The minimum Gasteiger partial charge on any atom is -0.485 e. The number of aryl methyl sites for hydroxylation is 1. The molecule has 4 aromatic rings. The average molecular weight is 377 g/mol. The van der Waals surface area contributed by atoms with Gasteiger partial charge in [0.2, 0.25) is 0 Å². The molecule has 0 radical (unpaired) electrons. The fourth-order valence-corrected chi connectivity index (χ4v) is 5.51. The van der Waals surface area contributed by atoms with Gasteiger partial charge in [0.25, 0.3) is 0 Å². The molecule has 0 N–H and O–H groups in total. The highest BCUT2D eigenvalue weighted by Gasteiger charge is 2.53. The van der Waals surface area contributed by atoms with Gasteiger partial charge < -0.3 is 4.74 Å². The molecule has 3 aromatic carbocycles. The molecule has 2 atom stereocenters. The molecule has 142 valence electrons. The smallest absolute Gasteiger partial charge is 0.132 e. The zero-order chi connectivity index (χ0) is 19.8. The topological polar surface area (TPSA) is 22.1 Å². The van der Waals surface area contributed by atoms with Gasteiger partial charge in [0.1, 0.15) is 11.9 Å². The number of aromatic nitrogens is 1. The Labute approximate surface area is 171 Å². The standard InChI is InChI=1S/C27H23NO/c1-16-11-13-21-17(15-16)12-14-22(28-21)18-8-6-9-20-24(18)27(2,3)25-19-7-4-5-10-23(19)29-26(20)25/h4-15,25-26H,1-3H3. The second-order valence-corrected chi connectivity index (χ2v) is 8.94. The molecule has 1 aliphatic carbocycles. The molecule has 29 heavy (non-hydrogen) atoms. The summed E-state index contributed by atoms with van der Waals surface area (Å²) in [4.78, 5) is 5.03. The van der Waals surface area contributed by atoms with Crippen molar-refractivity contribution in [2.45, 2.75) is 38.2 Å². The number of fused-ring (bicyclic) bond motifs is 6. The van der Waals surface area contributed by atoms with Gasteiger partial charge in [-0.15, -0.1) is 0 Å². The molecular weight excluding hydrogens is 354 g/mol. The summed E-state index contributed by atoms with van der Waals surface area (Å²) in [6.45, 7) is 6.84. The van der Waals surface area contributed by atoms with E-state index in [0.717, 1.165) is 17.0 Å². The van der Waals surface area contributed by atoms with E-state index in [1.807, 2.05) is 0 Å². The number of rotatable bonds is 1. The minimum atomic E-state index is -0.0346. The van der Waals surface area contributed by atoms with Crippen LogP contribution in [-0.2, 0) is 5.41 Å². The molecule has 2 aliphatic rings. The largest absolute Gasteiger partial charge is 0.485 e. The molecule has 2 heteroatoms. The van der Waals surface area contributed by atoms with Crippen molar-refractivity contribution in [1.29, 1.82) is 0 Å². The summed E-state index contributed by atoms with van der Waals surface area (Å²) in [5, 5.41) is 1.19. The molecule has 0 saturated heterocycles. The SMILES string of the molecule is Cc1ccc2nc(-c3cccc4c3C(C)(C)C3c5ccccc5OC43)ccc2c1. The van der Waals surface area contributed by atoms with Crippen LogP contribution in [0.5, 0.6) is 5.75 Å². The van der Waals surface area contributed by atoms with E-state index >= 15 is 0 Å². The van der Waals surface area contributed by atoms with Gasteiger partial charge in [-0.1, -0.05) is 67.9 Å². The number of pyridine rings is 1. The molecule has 0 fully saturated rings. The summed E-state index contributed by atoms with van der Waals surface area (Å²) in [6, 6.07) is 25.9. The van der Waals surface area contributed by atoms with E-state index in [9.17, 15) is 0 Å². The second-order valence-electron chi connectivity index (χ2n) is 8.94. The van der Waals surface area contributed by atoms with Crippen molar-refractivity contribution in [3.8, 4) is 17.0 Å². The summed E-state index contributed by atoms with van der Waals surface area (Å²) < 4.78 is 6.45. The fraction of sp³-hybridized carbons (Fsp3) is 0.222. The van der Waals surface area contributed by atoms with E-state index in [2.05, 4.69) is 93.6 Å². The first kappa shape index (κ1) is 16.8.